The fourth-order valence-corrected chi connectivity index (χ4v) is 3.28. The summed E-state index contributed by atoms with van der Waals surface area (Å²) >= 11 is 0. The van der Waals surface area contributed by atoms with E-state index in [1.165, 1.54) is 0 Å². The number of nitrogens with zero attached hydrogens (tertiary/aromatic N) is 4. The van der Waals surface area contributed by atoms with Gasteiger partial charge in [0.25, 0.3) is 5.91 Å². The summed E-state index contributed by atoms with van der Waals surface area (Å²) in [5.74, 6) is 0.784. The van der Waals surface area contributed by atoms with Crippen LogP contribution in [-0.4, -0.2) is 54.1 Å². The quantitative estimate of drug-likeness (QED) is 0.728. The number of rotatable bonds is 3. The van der Waals surface area contributed by atoms with Crippen LogP contribution in [0.15, 0.2) is 54.9 Å². The van der Waals surface area contributed by atoms with E-state index in [9.17, 15) is 4.79 Å². The molecule has 0 atom stereocenters. The average Bonchev–Trinajstić information content (AvgIpc) is 2.73. The predicted molar refractivity (Wildman–Crippen MR) is 101 cm³/mol. The molecule has 0 aliphatic carbocycles. The molecule has 1 saturated heterocycles. The topological polar surface area (TPSA) is 58.6 Å². The third-order valence-corrected chi connectivity index (χ3v) is 4.71. The van der Waals surface area contributed by atoms with Crippen molar-refractivity contribution < 1.29 is 9.53 Å². The van der Waals surface area contributed by atoms with Gasteiger partial charge in [-0.25, -0.2) is 4.98 Å². The second-order valence-electron chi connectivity index (χ2n) is 6.22. The Morgan fingerprint density at radius 2 is 1.85 bits per heavy atom. The van der Waals surface area contributed by atoms with Gasteiger partial charge in [0.1, 0.15) is 11.3 Å². The van der Waals surface area contributed by atoms with Crippen LogP contribution in [0.5, 0.6) is 5.75 Å². The van der Waals surface area contributed by atoms with E-state index in [4.69, 9.17) is 4.74 Å². The molecule has 1 aliphatic heterocycles. The first-order valence-electron chi connectivity index (χ1n) is 8.64. The van der Waals surface area contributed by atoms with Crippen molar-refractivity contribution in [3.8, 4) is 5.75 Å². The van der Waals surface area contributed by atoms with Gasteiger partial charge in [-0.05, 0) is 24.3 Å². The molecule has 1 aliphatic rings. The number of hydrogen-bond acceptors (Lipinski definition) is 5. The number of hydrogen-bond donors (Lipinski definition) is 0. The monoisotopic (exact) mass is 348 g/mol. The molecule has 0 N–H and O–H groups in total. The third-order valence-electron chi connectivity index (χ3n) is 4.71. The number of fused-ring (bicyclic) bond motifs is 1. The summed E-state index contributed by atoms with van der Waals surface area (Å²) in [6.07, 6.45) is 3.37. The molecule has 132 valence electrons. The van der Waals surface area contributed by atoms with Crippen LogP contribution < -0.4 is 9.64 Å². The minimum Gasteiger partial charge on any atom is -0.497 e. The number of pyridine rings is 2. The van der Waals surface area contributed by atoms with Crippen LogP contribution in [0.3, 0.4) is 0 Å². The molecule has 1 amide bonds. The number of benzene rings is 1. The second-order valence-corrected chi connectivity index (χ2v) is 6.22. The number of methoxy groups -OCH3 is 1. The van der Waals surface area contributed by atoms with Gasteiger partial charge in [-0.1, -0.05) is 12.1 Å². The molecular formula is C20H20N4O2. The Bertz CT molecular complexity index is 931. The number of ether oxygens (including phenoxy) is 1. The van der Waals surface area contributed by atoms with Gasteiger partial charge in [0.2, 0.25) is 0 Å². The molecule has 2 aromatic heterocycles. The maximum absolute atomic E-state index is 12.9. The Labute approximate surface area is 152 Å². The molecule has 0 saturated carbocycles. The van der Waals surface area contributed by atoms with Crippen molar-refractivity contribution >= 4 is 22.5 Å². The highest BCUT2D eigenvalue weighted by Crippen LogP contribution is 2.23. The number of amides is 1. The molecule has 4 rings (SSSR count). The molecule has 1 aromatic carbocycles. The highest BCUT2D eigenvalue weighted by atomic mass is 16.5. The standard InChI is InChI=1S/C20H20N4O2/c1-26-17-6-2-5-16(14-17)23-10-12-24(13-11-23)20(25)19-18-15(7-9-22-19)4-3-8-21-18/h2-9,14H,10-13H2,1H3. The van der Waals surface area contributed by atoms with E-state index in [0.717, 1.165) is 29.9 Å². The molecule has 26 heavy (non-hydrogen) atoms. The lowest BCUT2D eigenvalue weighted by Crippen LogP contribution is -2.49. The van der Waals surface area contributed by atoms with Gasteiger partial charge in [-0.15, -0.1) is 0 Å². The second kappa shape index (κ2) is 7.00. The number of aromatic nitrogens is 2. The first kappa shape index (κ1) is 16.3. The Morgan fingerprint density at radius 1 is 1.00 bits per heavy atom. The zero-order chi connectivity index (χ0) is 17.9. The highest BCUT2D eigenvalue weighted by molar-refractivity contribution is 6.03. The van der Waals surface area contributed by atoms with Crippen molar-refractivity contribution in [1.29, 1.82) is 0 Å². The summed E-state index contributed by atoms with van der Waals surface area (Å²) in [7, 11) is 1.67. The van der Waals surface area contributed by atoms with Gasteiger partial charge in [-0.2, -0.15) is 0 Å². The van der Waals surface area contributed by atoms with E-state index < -0.39 is 0 Å². The fraction of sp³-hybridized carbons (Fsp3) is 0.250. The lowest BCUT2D eigenvalue weighted by atomic mass is 10.2. The zero-order valence-corrected chi connectivity index (χ0v) is 14.6. The Hall–Kier alpha value is -3.15. The van der Waals surface area contributed by atoms with E-state index in [-0.39, 0.29) is 5.91 Å². The van der Waals surface area contributed by atoms with Gasteiger partial charge >= 0.3 is 0 Å². The minimum absolute atomic E-state index is 0.0559. The predicted octanol–water partition coefficient (Wildman–Crippen LogP) is 2.60. The van der Waals surface area contributed by atoms with Gasteiger partial charge in [0.15, 0.2) is 5.69 Å². The minimum atomic E-state index is -0.0559. The van der Waals surface area contributed by atoms with Crippen LogP contribution >= 0.6 is 0 Å². The molecule has 6 heteroatoms. The summed E-state index contributed by atoms with van der Waals surface area (Å²) in [5, 5.41) is 0.931. The first-order valence-corrected chi connectivity index (χ1v) is 8.64. The zero-order valence-electron chi connectivity index (χ0n) is 14.6. The maximum atomic E-state index is 12.9. The largest absolute Gasteiger partial charge is 0.497 e. The van der Waals surface area contributed by atoms with E-state index >= 15 is 0 Å². The molecule has 3 heterocycles. The molecule has 3 aromatic rings. The molecular weight excluding hydrogens is 328 g/mol. The van der Waals surface area contributed by atoms with Crippen molar-refractivity contribution in [2.75, 3.05) is 38.2 Å². The van der Waals surface area contributed by atoms with Crippen molar-refractivity contribution in [2.45, 2.75) is 0 Å². The number of carbonyl (C=O) groups excluding carboxylic acids is 1. The fourth-order valence-electron chi connectivity index (χ4n) is 3.28. The summed E-state index contributed by atoms with van der Waals surface area (Å²) in [6, 6.07) is 13.7. The molecule has 0 unspecified atom stereocenters. The summed E-state index contributed by atoms with van der Waals surface area (Å²) < 4.78 is 5.30. The maximum Gasteiger partial charge on any atom is 0.274 e. The lowest BCUT2D eigenvalue weighted by Gasteiger charge is -2.36. The van der Waals surface area contributed by atoms with Crippen LogP contribution in [0, 0.1) is 0 Å². The van der Waals surface area contributed by atoms with Crippen LogP contribution in [0.2, 0.25) is 0 Å². The van der Waals surface area contributed by atoms with Crippen LogP contribution in [0.4, 0.5) is 5.69 Å². The average molecular weight is 348 g/mol. The number of carbonyl (C=O) groups is 1. The third kappa shape index (κ3) is 3.06. The van der Waals surface area contributed by atoms with Gasteiger partial charge in [-0.3, -0.25) is 9.78 Å². The van der Waals surface area contributed by atoms with Crippen LogP contribution in [-0.2, 0) is 0 Å². The Balaban J connectivity index is 1.50. The molecule has 6 nitrogen and oxygen atoms in total. The van der Waals surface area contributed by atoms with Crippen molar-refractivity contribution in [3.63, 3.8) is 0 Å². The van der Waals surface area contributed by atoms with E-state index in [0.29, 0.717) is 24.3 Å². The summed E-state index contributed by atoms with van der Waals surface area (Å²) in [4.78, 5) is 25.7. The first-order chi connectivity index (χ1) is 12.8. The van der Waals surface area contributed by atoms with E-state index in [1.54, 1.807) is 19.5 Å². The van der Waals surface area contributed by atoms with E-state index in [1.807, 2.05) is 41.3 Å². The highest BCUT2D eigenvalue weighted by Gasteiger charge is 2.25. The molecule has 0 radical (unpaired) electrons. The van der Waals surface area contributed by atoms with E-state index in [2.05, 4.69) is 20.9 Å². The summed E-state index contributed by atoms with van der Waals surface area (Å²) in [5.41, 5.74) is 2.20. The van der Waals surface area contributed by atoms with Crippen LogP contribution in [0.25, 0.3) is 10.9 Å². The smallest absolute Gasteiger partial charge is 0.274 e. The molecule has 0 bridgehead atoms. The SMILES string of the molecule is COc1cccc(N2CCN(C(=O)c3nccc4cccnc34)CC2)c1. The van der Waals surface area contributed by atoms with Gasteiger partial charge in [0.05, 0.1) is 7.11 Å². The Kier molecular flexibility index (Phi) is 4.39. The molecule has 1 fully saturated rings. The van der Waals surface area contributed by atoms with Crippen molar-refractivity contribution in [1.82, 2.24) is 14.9 Å². The normalized spacial score (nSPS) is 14.5. The van der Waals surface area contributed by atoms with Gasteiger partial charge < -0.3 is 14.5 Å². The Morgan fingerprint density at radius 3 is 2.65 bits per heavy atom. The number of piperazine rings is 1. The number of anilines is 1. The summed E-state index contributed by atoms with van der Waals surface area (Å²) in [6.45, 7) is 2.86. The molecule has 0 spiro atoms. The van der Waals surface area contributed by atoms with Gasteiger partial charge in [0, 0.05) is 55.7 Å². The lowest BCUT2D eigenvalue weighted by molar-refractivity contribution is 0.0743. The van der Waals surface area contributed by atoms with Crippen molar-refractivity contribution in [3.05, 3.63) is 60.6 Å². The van der Waals surface area contributed by atoms with Crippen LogP contribution in [0.1, 0.15) is 10.5 Å². The van der Waals surface area contributed by atoms with Crippen molar-refractivity contribution in [2.24, 2.45) is 0 Å².